The number of nitrogens with one attached hydrogen (secondary N) is 1. The van der Waals surface area contributed by atoms with E-state index in [-0.39, 0.29) is 12.5 Å². The molecule has 4 N–H and O–H groups in total. The zero-order valence-corrected chi connectivity index (χ0v) is 11.7. The van der Waals surface area contributed by atoms with Crippen LogP contribution in [0.4, 0.5) is 0 Å². The van der Waals surface area contributed by atoms with E-state index in [1.54, 1.807) is 24.3 Å². The zero-order valence-electron chi connectivity index (χ0n) is 11.7. The molecule has 1 aliphatic carbocycles. The van der Waals surface area contributed by atoms with Gasteiger partial charge in [-0.05, 0) is 24.0 Å². The average molecular weight is 293 g/mol. The molecular formula is C15H19NO5. The summed E-state index contributed by atoms with van der Waals surface area (Å²) in [5.41, 5.74) is 0.415. The molecule has 1 saturated carbocycles. The molecule has 0 aliphatic heterocycles. The lowest BCUT2D eigenvalue weighted by Gasteiger charge is -2.19. The highest BCUT2D eigenvalue weighted by Gasteiger charge is 2.51. The van der Waals surface area contributed by atoms with E-state index in [4.69, 9.17) is 0 Å². The van der Waals surface area contributed by atoms with Gasteiger partial charge in [0.05, 0.1) is 5.41 Å². The molecule has 1 amide bonds. The third kappa shape index (κ3) is 3.22. The molecule has 6 nitrogen and oxygen atoms in total. The first-order valence-electron chi connectivity index (χ1n) is 6.81. The highest BCUT2D eigenvalue weighted by molar-refractivity contribution is 5.84. The lowest BCUT2D eigenvalue weighted by molar-refractivity contribution is -0.140. The van der Waals surface area contributed by atoms with Crippen LogP contribution in [-0.2, 0) is 15.0 Å². The van der Waals surface area contributed by atoms with Crippen LogP contribution < -0.4 is 5.32 Å². The fourth-order valence-corrected chi connectivity index (χ4v) is 2.33. The molecule has 1 aliphatic rings. The van der Waals surface area contributed by atoms with Crippen LogP contribution >= 0.6 is 0 Å². The number of amides is 1. The maximum Gasteiger partial charge on any atom is 0.314 e. The molecule has 0 bridgehead atoms. The number of hydrogen-bond donors (Lipinski definition) is 4. The minimum Gasteiger partial charge on any atom is -0.481 e. The van der Waals surface area contributed by atoms with Crippen LogP contribution in [0.25, 0.3) is 0 Å². The molecule has 0 radical (unpaired) electrons. The van der Waals surface area contributed by atoms with Crippen LogP contribution in [0, 0.1) is 0 Å². The lowest BCUT2D eigenvalue weighted by Crippen LogP contribution is -2.34. The Labute approximate surface area is 122 Å². The Hall–Kier alpha value is -1.92. The van der Waals surface area contributed by atoms with Gasteiger partial charge in [-0.15, -0.1) is 0 Å². The maximum atomic E-state index is 11.2. The highest BCUT2D eigenvalue weighted by Crippen LogP contribution is 2.48. The molecule has 1 aromatic rings. The van der Waals surface area contributed by atoms with Crippen LogP contribution in [0.5, 0.6) is 0 Å². The SMILES string of the molecule is CC(=O)NCC(O)C(O)c1ccc(C2(C(=O)O)CC2)cc1. The summed E-state index contributed by atoms with van der Waals surface area (Å²) in [4.78, 5) is 22.0. The van der Waals surface area contributed by atoms with Gasteiger partial charge in [-0.3, -0.25) is 9.59 Å². The molecule has 2 unspecified atom stereocenters. The van der Waals surface area contributed by atoms with E-state index in [1.165, 1.54) is 6.92 Å². The molecule has 0 saturated heterocycles. The first-order valence-corrected chi connectivity index (χ1v) is 6.81. The number of carbonyl (C=O) groups excluding carboxylic acids is 1. The molecule has 1 fully saturated rings. The maximum absolute atomic E-state index is 11.2. The van der Waals surface area contributed by atoms with Gasteiger partial charge < -0.3 is 20.6 Å². The summed E-state index contributed by atoms with van der Waals surface area (Å²) in [5.74, 6) is -1.12. The van der Waals surface area contributed by atoms with Crippen molar-refractivity contribution < 1.29 is 24.9 Å². The average Bonchev–Trinajstić information content (AvgIpc) is 3.25. The van der Waals surface area contributed by atoms with Crippen LogP contribution in [0.2, 0.25) is 0 Å². The Morgan fingerprint density at radius 1 is 1.24 bits per heavy atom. The number of carboxylic acid groups (broad SMARTS) is 1. The normalized spacial score (nSPS) is 18.6. The summed E-state index contributed by atoms with van der Waals surface area (Å²) in [6.07, 6.45) is -1.01. The van der Waals surface area contributed by atoms with Crippen LogP contribution in [0.1, 0.15) is 37.0 Å². The van der Waals surface area contributed by atoms with E-state index in [9.17, 15) is 24.9 Å². The molecule has 6 heteroatoms. The van der Waals surface area contributed by atoms with Crippen LogP contribution in [0.15, 0.2) is 24.3 Å². The smallest absolute Gasteiger partial charge is 0.314 e. The van der Waals surface area contributed by atoms with Crippen molar-refractivity contribution in [1.29, 1.82) is 0 Å². The molecule has 21 heavy (non-hydrogen) atoms. The van der Waals surface area contributed by atoms with E-state index in [0.717, 1.165) is 0 Å². The third-order valence-corrected chi connectivity index (χ3v) is 3.89. The van der Waals surface area contributed by atoms with E-state index in [1.807, 2.05) is 0 Å². The molecular weight excluding hydrogens is 274 g/mol. The molecule has 0 heterocycles. The Balaban J connectivity index is 2.05. The van der Waals surface area contributed by atoms with Crippen molar-refractivity contribution in [2.45, 2.75) is 37.4 Å². The van der Waals surface area contributed by atoms with Crippen molar-refractivity contribution in [2.24, 2.45) is 0 Å². The zero-order chi connectivity index (χ0) is 15.6. The van der Waals surface area contributed by atoms with Gasteiger partial charge in [-0.25, -0.2) is 0 Å². The van der Waals surface area contributed by atoms with Gasteiger partial charge in [0.2, 0.25) is 5.91 Å². The second-order valence-corrected chi connectivity index (χ2v) is 5.46. The van der Waals surface area contributed by atoms with Crippen molar-refractivity contribution in [1.82, 2.24) is 5.32 Å². The van der Waals surface area contributed by atoms with Gasteiger partial charge in [0.25, 0.3) is 0 Å². The summed E-state index contributed by atoms with van der Waals surface area (Å²) in [6.45, 7) is 1.28. The number of carbonyl (C=O) groups is 2. The number of rotatable bonds is 6. The van der Waals surface area contributed by atoms with Crippen molar-refractivity contribution in [2.75, 3.05) is 6.54 Å². The number of aliphatic carboxylic acids is 1. The monoisotopic (exact) mass is 293 g/mol. The number of aliphatic hydroxyl groups excluding tert-OH is 2. The molecule has 114 valence electrons. The van der Waals surface area contributed by atoms with Gasteiger partial charge in [0, 0.05) is 13.5 Å². The van der Waals surface area contributed by atoms with E-state index >= 15 is 0 Å². The second kappa shape index (κ2) is 5.83. The Morgan fingerprint density at radius 3 is 2.24 bits per heavy atom. The van der Waals surface area contributed by atoms with E-state index in [2.05, 4.69) is 5.32 Å². The second-order valence-electron chi connectivity index (χ2n) is 5.46. The van der Waals surface area contributed by atoms with Crippen molar-refractivity contribution >= 4 is 11.9 Å². The van der Waals surface area contributed by atoms with Crippen molar-refractivity contribution in [3.8, 4) is 0 Å². The van der Waals surface area contributed by atoms with Gasteiger partial charge in [-0.1, -0.05) is 24.3 Å². The first kappa shape index (κ1) is 15.5. The largest absolute Gasteiger partial charge is 0.481 e. The minimum absolute atomic E-state index is 0.0443. The van der Waals surface area contributed by atoms with Gasteiger partial charge in [0.1, 0.15) is 12.2 Å². The lowest BCUT2D eigenvalue weighted by atomic mass is 9.93. The predicted octanol–water partition coefficient (Wildman–Crippen LogP) is 0.333. The summed E-state index contributed by atoms with van der Waals surface area (Å²) in [5, 5.41) is 31.4. The quantitative estimate of drug-likeness (QED) is 0.605. The molecule has 2 atom stereocenters. The first-order chi connectivity index (χ1) is 9.86. The molecule has 0 spiro atoms. The molecule has 1 aromatic carbocycles. The number of hydrogen-bond acceptors (Lipinski definition) is 4. The summed E-state index contributed by atoms with van der Waals surface area (Å²) in [7, 11) is 0. The molecule has 2 rings (SSSR count). The van der Waals surface area contributed by atoms with Crippen molar-refractivity contribution in [3.63, 3.8) is 0 Å². The summed E-state index contributed by atoms with van der Waals surface area (Å²) >= 11 is 0. The van der Waals surface area contributed by atoms with Gasteiger partial charge in [-0.2, -0.15) is 0 Å². The van der Waals surface area contributed by atoms with Gasteiger partial charge >= 0.3 is 5.97 Å². The Bertz CT molecular complexity index is 535. The number of benzene rings is 1. The van der Waals surface area contributed by atoms with E-state index < -0.39 is 23.6 Å². The van der Waals surface area contributed by atoms with Crippen LogP contribution in [0.3, 0.4) is 0 Å². The topological polar surface area (TPSA) is 107 Å². The Morgan fingerprint density at radius 2 is 1.81 bits per heavy atom. The third-order valence-electron chi connectivity index (χ3n) is 3.89. The summed E-state index contributed by atoms with van der Waals surface area (Å²) < 4.78 is 0. The summed E-state index contributed by atoms with van der Waals surface area (Å²) in [6, 6.07) is 6.57. The van der Waals surface area contributed by atoms with Gasteiger partial charge in [0.15, 0.2) is 0 Å². The van der Waals surface area contributed by atoms with Crippen molar-refractivity contribution in [3.05, 3.63) is 35.4 Å². The highest BCUT2D eigenvalue weighted by atomic mass is 16.4. The fourth-order valence-electron chi connectivity index (χ4n) is 2.33. The van der Waals surface area contributed by atoms with E-state index in [0.29, 0.717) is 24.0 Å². The standard InChI is InChI=1S/C15H19NO5/c1-9(17)16-8-12(18)13(19)10-2-4-11(5-3-10)15(6-7-15)14(20)21/h2-5,12-13,18-19H,6-8H2,1H3,(H,16,17)(H,20,21). The van der Waals surface area contributed by atoms with Crippen LogP contribution in [-0.4, -0.2) is 39.8 Å². The predicted molar refractivity (Wildman–Crippen MR) is 74.6 cm³/mol. The fraction of sp³-hybridized carbons (Fsp3) is 0.467. The minimum atomic E-state index is -1.13. The Kier molecular flexibility index (Phi) is 4.29. The molecule has 0 aromatic heterocycles. The number of carboxylic acids is 1. The number of aliphatic hydroxyl groups is 2.